The summed E-state index contributed by atoms with van der Waals surface area (Å²) in [6.45, 7) is 2.59. The van der Waals surface area contributed by atoms with Crippen molar-refractivity contribution in [1.29, 1.82) is 0 Å². The number of aromatic amines is 1. The van der Waals surface area contributed by atoms with Crippen LogP contribution in [0.25, 0.3) is 0 Å². The highest BCUT2D eigenvalue weighted by Crippen LogP contribution is 2.12. The molecule has 2 aromatic heterocycles. The van der Waals surface area contributed by atoms with E-state index in [4.69, 9.17) is 0 Å². The maximum absolute atomic E-state index is 12.3. The number of nitrogens with one attached hydrogen (secondary N) is 1. The molecule has 108 valence electrons. The first-order valence-corrected chi connectivity index (χ1v) is 6.73. The van der Waals surface area contributed by atoms with Crippen LogP contribution in [0.15, 0.2) is 30.7 Å². The van der Waals surface area contributed by atoms with Gasteiger partial charge in [0.15, 0.2) is 6.29 Å². The first-order valence-electron chi connectivity index (χ1n) is 6.73. The molecule has 0 bridgehead atoms. The van der Waals surface area contributed by atoms with Crippen LogP contribution in [0.3, 0.4) is 0 Å². The number of carbonyl (C=O) groups excluding carboxylic acids is 2. The molecular weight excluding hydrogens is 270 g/mol. The number of rotatable bonds is 3. The average Bonchev–Trinajstić information content (AvgIpc) is 3.04. The van der Waals surface area contributed by atoms with Gasteiger partial charge in [-0.3, -0.25) is 9.59 Å². The van der Waals surface area contributed by atoms with E-state index in [1.165, 1.54) is 6.20 Å². The van der Waals surface area contributed by atoms with E-state index >= 15 is 0 Å². The van der Waals surface area contributed by atoms with Gasteiger partial charge < -0.3 is 14.8 Å². The minimum atomic E-state index is -0.0864. The number of carbonyl (C=O) groups is 2. The van der Waals surface area contributed by atoms with Crippen LogP contribution in [0.5, 0.6) is 0 Å². The van der Waals surface area contributed by atoms with Crippen molar-refractivity contribution < 1.29 is 9.59 Å². The van der Waals surface area contributed by atoms with E-state index in [-0.39, 0.29) is 5.91 Å². The number of piperazine rings is 1. The number of nitrogens with zero attached hydrogens (tertiary/aromatic N) is 4. The smallest absolute Gasteiger partial charge is 0.270 e. The number of H-pyrrole nitrogens is 1. The molecule has 1 fully saturated rings. The van der Waals surface area contributed by atoms with Gasteiger partial charge in [0.2, 0.25) is 5.95 Å². The van der Waals surface area contributed by atoms with E-state index in [0.29, 0.717) is 43.4 Å². The van der Waals surface area contributed by atoms with E-state index in [2.05, 4.69) is 19.9 Å². The molecule has 1 aliphatic rings. The summed E-state index contributed by atoms with van der Waals surface area (Å²) in [7, 11) is 0. The molecule has 7 nitrogen and oxygen atoms in total. The third-order valence-electron chi connectivity index (χ3n) is 3.47. The van der Waals surface area contributed by atoms with Crippen LogP contribution < -0.4 is 4.90 Å². The van der Waals surface area contributed by atoms with Crippen molar-refractivity contribution in [2.75, 3.05) is 31.1 Å². The molecule has 1 amide bonds. The van der Waals surface area contributed by atoms with E-state index < -0.39 is 0 Å². The van der Waals surface area contributed by atoms with Crippen LogP contribution in [-0.4, -0.2) is 58.2 Å². The summed E-state index contributed by atoms with van der Waals surface area (Å²) in [5.41, 5.74) is 0.927. The summed E-state index contributed by atoms with van der Waals surface area (Å²) in [6, 6.07) is 3.35. The molecule has 0 spiro atoms. The zero-order valence-corrected chi connectivity index (χ0v) is 11.4. The Labute approximate surface area is 121 Å². The largest absolute Gasteiger partial charge is 0.356 e. The van der Waals surface area contributed by atoms with Crippen LogP contribution in [0.1, 0.15) is 20.8 Å². The molecule has 0 radical (unpaired) electrons. The molecule has 1 N–H and O–H groups in total. The van der Waals surface area contributed by atoms with Crippen LogP contribution >= 0.6 is 0 Å². The predicted molar refractivity (Wildman–Crippen MR) is 76.3 cm³/mol. The molecule has 0 unspecified atom stereocenters. The molecule has 21 heavy (non-hydrogen) atoms. The number of hydrogen-bond acceptors (Lipinski definition) is 5. The summed E-state index contributed by atoms with van der Waals surface area (Å²) in [6.07, 6.45) is 5.67. The van der Waals surface area contributed by atoms with Gasteiger partial charge in [0.05, 0.1) is 0 Å². The molecule has 2 aromatic rings. The lowest BCUT2D eigenvalue weighted by atomic mass is 10.2. The molecule has 1 aliphatic heterocycles. The first kappa shape index (κ1) is 13.3. The SMILES string of the molecule is O=Cc1c[nH]c(C(=O)N2CCN(c3ncccn3)CC2)c1. The summed E-state index contributed by atoms with van der Waals surface area (Å²) in [4.78, 5) is 38.0. The summed E-state index contributed by atoms with van der Waals surface area (Å²) < 4.78 is 0. The molecule has 7 heteroatoms. The van der Waals surface area contributed by atoms with Crippen molar-refractivity contribution in [1.82, 2.24) is 19.9 Å². The van der Waals surface area contributed by atoms with Crippen molar-refractivity contribution in [2.45, 2.75) is 0 Å². The lowest BCUT2D eigenvalue weighted by Gasteiger charge is -2.34. The highest BCUT2D eigenvalue weighted by atomic mass is 16.2. The molecular formula is C14H15N5O2. The van der Waals surface area contributed by atoms with Gasteiger partial charge in [0, 0.05) is 50.3 Å². The fraction of sp³-hybridized carbons (Fsp3) is 0.286. The van der Waals surface area contributed by atoms with Crippen LogP contribution in [-0.2, 0) is 0 Å². The van der Waals surface area contributed by atoms with E-state index in [1.54, 1.807) is 29.4 Å². The molecule has 3 heterocycles. The first-order chi connectivity index (χ1) is 10.3. The highest BCUT2D eigenvalue weighted by Gasteiger charge is 2.24. The molecule has 0 atom stereocenters. The fourth-order valence-electron chi connectivity index (χ4n) is 2.34. The highest BCUT2D eigenvalue weighted by molar-refractivity contribution is 5.94. The van der Waals surface area contributed by atoms with E-state index in [9.17, 15) is 9.59 Å². The Bertz CT molecular complexity index is 632. The van der Waals surface area contributed by atoms with Crippen molar-refractivity contribution in [3.05, 3.63) is 42.0 Å². The zero-order chi connectivity index (χ0) is 14.7. The summed E-state index contributed by atoms with van der Waals surface area (Å²) in [5, 5.41) is 0. The Balaban J connectivity index is 1.63. The predicted octanol–water partition coefficient (Wildman–Crippen LogP) is 0.580. The fourth-order valence-corrected chi connectivity index (χ4v) is 2.34. The Morgan fingerprint density at radius 3 is 2.52 bits per heavy atom. The number of anilines is 1. The monoisotopic (exact) mass is 285 g/mol. The van der Waals surface area contributed by atoms with Gasteiger partial charge in [-0.15, -0.1) is 0 Å². The van der Waals surface area contributed by atoms with E-state index in [0.717, 1.165) is 6.29 Å². The minimum Gasteiger partial charge on any atom is -0.356 e. The van der Waals surface area contributed by atoms with Crippen molar-refractivity contribution in [2.24, 2.45) is 0 Å². The topological polar surface area (TPSA) is 82.2 Å². The van der Waals surface area contributed by atoms with Gasteiger partial charge in [-0.2, -0.15) is 0 Å². The Morgan fingerprint density at radius 2 is 1.90 bits per heavy atom. The van der Waals surface area contributed by atoms with Gasteiger partial charge in [0.1, 0.15) is 5.69 Å². The third kappa shape index (κ3) is 2.76. The Hall–Kier alpha value is -2.70. The van der Waals surface area contributed by atoms with Crippen molar-refractivity contribution >= 4 is 18.1 Å². The maximum Gasteiger partial charge on any atom is 0.270 e. The second-order valence-corrected chi connectivity index (χ2v) is 4.79. The number of aromatic nitrogens is 3. The van der Waals surface area contributed by atoms with Crippen molar-refractivity contribution in [3.63, 3.8) is 0 Å². The average molecular weight is 285 g/mol. The normalized spacial score (nSPS) is 15.0. The quantitative estimate of drug-likeness (QED) is 0.834. The van der Waals surface area contributed by atoms with Gasteiger partial charge in [0.25, 0.3) is 5.91 Å². The number of amides is 1. The minimum absolute atomic E-state index is 0.0864. The Morgan fingerprint density at radius 1 is 1.19 bits per heavy atom. The van der Waals surface area contributed by atoms with Crippen LogP contribution in [0.4, 0.5) is 5.95 Å². The molecule has 0 aliphatic carbocycles. The van der Waals surface area contributed by atoms with Crippen LogP contribution in [0, 0.1) is 0 Å². The second kappa shape index (κ2) is 5.74. The maximum atomic E-state index is 12.3. The van der Waals surface area contributed by atoms with E-state index in [1.807, 2.05) is 0 Å². The summed E-state index contributed by atoms with van der Waals surface area (Å²) in [5.74, 6) is 0.601. The van der Waals surface area contributed by atoms with Crippen molar-refractivity contribution in [3.8, 4) is 0 Å². The summed E-state index contributed by atoms with van der Waals surface area (Å²) >= 11 is 0. The van der Waals surface area contributed by atoms with Crippen LogP contribution in [0.2, 0.25) is 0 Å². The number of aldehydes is 1. The second-order valence-electron chi connectivity index (χ2n) is 4.79. The third-order valence-corrected chi connectivity index (χ3v) is 3.47. The Kier molecular flexibility index (Phi) is 3.63. The number of hydrogen-bond donors (Lipinski definition) is 1. The lowest BCUT2D eigenvalue weighted by Crippen LogP contribution is -2.49. The zero-order valence-electron chi connectivity index (χ0n) is 11.4. The molecule has 3 rings (SSSR count). The lowest BCUT2D eigenvalue weighted by molar-refractivity contribution is 0.0741. The molecule has 1 saturated heterocycles. The molecule has 0 aromatic carbocycles. The van der Waals surface area contributed by atoms with Gasteiger partial charge in [-0.05, 0) is 12.1 Å². The standard InChI is InChI=1S/C14H15N5O2/c20-10-11-8-12(17-9-11)13(21)18-4-6-19(7-5-18)14-15-2-1-3-16-14/h1-3,8-10,17H,4-7H2. The van der Waals surface area contributed by atoms with Gasteiger partial charge in [-0.1, -0.05) is 0 Å². The van der Waals surface area contributed by atoms with Gasteiger partial charge in [-0.25, -0.2) is 9.97 Å². The molecule has 0 saturated carbocycles. The van der Waals surface area contributed by atoms with Gasteiger partial charge >= 0.3 is 0 Å².